The third-order valence-corrected chi connectivity index (χ3v) is 4.66. The van der Waals surface area contributed by atoms with Gasteiger partial charge >= 0.3 is 5.97 Å². The van der Waals surface area contributed by atoms with Gasteiger partial charge in [0.25, 0.3) is 0 Å². The number of hydrogen-bond donors (Lipinski definition) is 1. The van der Waals surface area contributed by atoms with Gasteiger partial charge in [0.2, 0.25) is 0 Å². The summed E-state index contributed by atoms with van der Waals surface area (Å²) in [6, 6.07) is 6.17. The molecule has 1 aliphatic heterocycles. The molecule has 4 heteroatoms. The quantitative estimate of drug-likeness (QED) is 0.916. The van der Waals surface area contributed by atoms with E-state index in [0.29, 0.717) is 0 Å². The second kappa shape index (κ2) is 6.53. The monoisotopic (exact) mass is 325 g/mol. The van der Waals surface area contributed by atoms with E-state index in [1.807, 2.05) is 19.1 Å². The van der Waals surface area contributed by atoms with Crippen LogP contribution < -0.4 is 0 Å². The molecule has 0 saturated carbocycles. The largest absolute Gasteiger partial charge is 0.481 e. The Kier molecular flexibility index (Phi) is 4.99. The van der Waals surface area contributed by atoms with Crippen LogP contribution in [0.15, 0.2) is 22.7 Å². The van der Waals surface area contributed by atoms with Crippen molar-refractivity contribution in [3.8, 4) is 0 Å². The standard InChI is InChI=1S/C15H20BrNO2/c1-11-9-12(5-6-13(11)16)14(10-15(18)19)17-7-3-2-4-8-17/h5-6,9,14H,2-4,7-8,10H2,1H3,(H,18,19). The Balaban J connectivity index is 2.24. The lowest BCUT2D eigenvalue weighted by Gasteiger charge is -2.34. The maximum absolute atomic E-state index is 11.1. The van der Waals surface area contributed by atoms with Crippen molar-refractivity contribution < 1.29 is 9.90 Å². The van der Waals surface area contributed by atoms with Crippen molar-refractivity contribution in [3.05, 3.63) is 33.8 Å². The summed E-state index contributed by atoms with van der Waals surface area (Å²) in [6.45, 7) is 4.06. The van der Waals surface area contributed by atoms with Crippen molar-refractivity contribution >= 4 is 21.9 Å². The van der Waals surface area contributed by atoms with Crippen molar-refractivity contribution in [1.82, 2.24) is 4.90 Å². The molecular formula is C15H20BrNO2. The van der Waals surface area contributed by atoms with E-state index in [1.54, 1.807) is 0 Å². The molecule has 1 fully saturated rings. The number of halogens is 1. The summed E-state index contributed by atoms with van der Waals surface area (Å²) in [5.41, 5.74) is 2.27. The Morgan fingerprint density at radius 3 is 2.63 bits per heavy atom. The lowest BCUT2D eigenvalue weighted by atomic mass is 9.97. The first-order chi connectivity index (χ1) is 9.08. The summed E-state index contributed by atoms with van der Waals surface area (Å²) in [7, 11) is 0. The number of carboxylic acids is 1. The number of hydrogen-bond acceptors (Lipinski definition) is 2. The number of carboxylic acid groups (broad SMARTS) is 1. The molecule has 1 saturated heterocycles. The van der Waals surface area contributed by atoms with E-state index in [9.17, 15) is 4.79 Å². The SMILES string of the molecule is Cc1cc(C(CC(=O)O)N2CCCCC2)ccc1Br. The fraction of sp³-hybridized carbons (Fsp3) is 0.533. The summed E-state index contributed by atoms with van der Waals surface area (Å²) in [5, 5.41) is 9.16. The Bertz CT molecular complexity index is 455. The Morgan fingerprint density at radius 2 is 2.05 bits per heavy atom. The van der Waals surface area contributed by atoms with Crippen LogP contribution in [0.5, 0.6) is 0 Å². The predicted octanol–water partition coefficient (Wildman–Crippen LogP) is 3.76. The molecule has 0 aromatic heterocycles. The zero-order valence-electron chi connectivity index (χ0n) is 11.2. The summed E-state index contributed by atoms with van der Waals surface area (Å²) in [4.78, 5) is 13.5. The Morgan fingerprint density at radius 1 is 1.37 bits per heavy atom. The highest BCUT2D eigenvalue weighted by Crippen LogP contribution is 2.30. The fourth-order valence-electron chi connectivity index (χ4n) is 2.73. The molecule has 1 aliphatic rings. The molecular weight excluding hydrogens is 306 g/mol. The first-order valence-electron chi connectivity index (χ1n) is 6.80. The second-order valence-electron chi connectivity index (χ2n) is 5.22. The zero-order valence-corrected chi connectivity index (χ0v) is 12.8. The lowest BCUT2D eigenvalue weighted by molar-refractivity contribution is -0.138. The van der Waals surface area contributed by atoms with Crippen LogP contribution in [0, 0.1) is 6.92 Å². The summed E-state index contributed by atoms with van der Waals surface area (Å²) in [6.07, 6.45) is 3.79. The fourth-order valence-corrected chi connectivity index (χ4v) is 2.97. The summed E-state index contributed by atoms with van der Waals surface area (Å²) >= 11 is 3.50. The van der Waals surface area contributed by atoms with Gasteiger partial charge in [-0.15, -0.1) is 0 Å². The number of rotatable bonds is 4. The third kappa shape index (κ3) is 3.80. The van der Waals surface area contributed by atoms with Gasteiger partial charge in [-0.25, -0.2) is 0 Å². The van der Waals surface area contributed by atoms with Gasteiger partial charge in [0.15, 0.2) is 0 Å². The first-order valence-corrected chi connectivity index (χ1v) is 7.59. The van der Waals surface area contributed by atoms with Crippen LogP contribution in [0.2, 0.25) is 0 Å². The molecule has 3 nitrogen and oxygen atoms in total. The van der Waals surface area contributed by atoms with E-state index in [1.165, 1.54) is 19.3 Å². The van der Waals surface area contributed by atoms with Crippen LogP contribution in [0.1, 0.15) is 42.9 Å². The summed E-state index contributed by atoms with van der Waals surface area (Å²) < 4.78 is 1.07. The molecule has 0 bridgehead atoms. The molecule has 1 N–H and O–H groups in total. The smallest absolute Gasteiger partial charge is 0.305 e. The average Bonchev–Trinajstić information content (AvgIpc) is 2.40. The highest BCUT2D eigenvalue weighted by Gasteiger charge is 2.24. The van der Waals surface area contributed by atoms with Crippen molar-refractivity contribution in [2.24, 2.45) is 0 Å². The minimum absolute atomic E-state index is 0.00426. The molecule has 1 aromatic carbocycles. The van der Waals surface area contributed by atoms with E-state index in [4.69, 9.17) is 5.11 Å². The molecule has 0 amide bonds. The van der Waals surface area contributed by atoms with Gasteiger partial charge in [-0.05, 0) is 50.0 Å². The number of aryl methyl sites for hydroxylation is 1. The highest BCUT2D eigenvalue weighted by molar-refractivity contribution is 9.10. The van der Waals surface area contributed by atoms with Crippen LogP contribution in [-0.4, -0.2) is 29.1 Å². The first kappa shape index (κ1) is 14.5. The minimum Gasteiger partial charge on any atom is -0.481 e. The molecule has 1 aromatic rings. The molecule has 1 unspecified atom stereocenters. The highest BCUT2D eigenvalue weighted by atomic mass is 79.9. The van der Waals surface area contributed by atoms with E-state index in [0.717, 1.165) is 28.7 Å². The molecule has 104 valence electrons. The van der Waals surface area contributed by atoms with Gasteiger partial charge in [-0.2, -0.15) is 0 Å². The molecule has 1 heterocycles. The number of carbonyl (C=O) groups is 1. The predicted molar refractivity (Wildman–Crippen MR) is 79.3 cm³/mol. The molecule has 1 atom stereocenters. The van der Waals surface area contributed by atoms with Gasteiger partial charge in [-0.3, -0.25) is 9.69 Å². The minimum atomic E-state index is -0.726. The number of benzene rings is 1. The molecule has 0 radical (unpaired) electrons. The van der Waals surface area contributed by atoms with Crippen LogP contribution in [0.3, 0.4) is 0 Å². The number of likely N-dealkylation sites (tertiary alicyclic amines) is 1. The lowest BCUT2D eigenvalue weighted by Crippen LogP contribution is -2.35. The van der Waals surface area contributed by atoms with Crippen molar-refractivity contribution in [2.45, 2.75) is 38.6 Å². The number of piperidine rings is 1. The van der Waals surface area contributed by atoms with Crippen molar-refractivity contribution in [1.29, 1.82) is 0 Å². The maximum Gasteiger partial charge on any atom is 0.305 e. The second-order valence-corrected chi connectivity index (χ2v) is 6.07. The average molecular weight is 326 g/mol. The number of nitrogens with zero attached hydrogens (tertiary/aromatic N) is 1. The molecule has 0 spiro atoms. The Labute approximate surface area is 122 Å². The third-order valence-electron chi connectivity index (χ3n) is 3.77. The van der Waals surface area contributed by atoms with Gasteiger partial charge in [0.1, 0.15) is 0 Å². The van der Waals surface area contributed by atoms with Crippen LogP contribution >= 0.6 is 15.9 Å². The van der Waals surface area contributed by atoms with Gasteiger partial charge in [-0.1, -0.05) is 34.5 Å². The van der Waals surface area contributed by atoms with E-state index >= 15 is 0 Å². The van der Waals surface area contributed by atoms with Crippen LogP contribution in [0.4, 0.5) is 0 Å². The van der Waals surface area contributed by atoms with Gasteiger partial charge < -0.3 is 5.11 Å². The molecule has 0 aliphatic carbocycles. The normalized spacial score (nSPS) is 18.2. The van der Waals surface area contributed by atoms with E-state index in [-0.39, 0.29) is 12.5 Å². The van der Waals surface area contributed by atoms with Crippen LogP contribution in [0.25, 0.3) is 0 Å². The number of aliphatic carboxylic acids is 1. The summed E-state index contributed by atoms with van der Waals surface area (Å²) in [5.74, 6) is -0.726. The van der Waals surface area contributed by atoms with E-state index in [2.05, 4.69) is 26.9 Å². The van der Waals surface area contributed by atoms with Crippen LogP contribution in [-0.2, 0) is 4.79 Å². The zero-order chi connectivity index (χ0) is 13.8. The van der Waals surface area contributed by atoms with Gasteiger partial charge in [0.05, 0.1) is 6.42 Å². The van der Waals surface area contributed by atoms with Crippen molar-refractivity contribution in [3.63, 3.8) is 0 Å². The van der Waals surface area contributed by atoms with Crippen molar-refractivity contribution in [2.75, 3.05) is 13.1 Å². The molecule has 19 heavy (non-hydrogen) atoms. The maximum atomic E-state index is 11.1. The Hall–Kier alpha value is -0.870. The van der Waals surface area contributed by atoms with E-state index < -0.39 is 5.97 Å². The molecule has 2 rings (SSSR count). The van der Waals surface area contributed by atoms with Gasteiger partial charge in [0, 0.05) is 10.5 Å². The topological polar surface area (TPSA) is 40.5 Å².